The van der Waals surface area contributed by atoms with Crippen molar-refractivity contribution in [1.82, 2.24) is 20.1 Å². The number of benzene rings is 1. The van der Waals surface area contributed by atoms with E-state index in [1.807, 2.05) is 0 Å². The largest absolute Gasteiger partial charge is 0.447 e. The van der Waals surface area contributed by atoms with Crippen LogP contribution in [0.1, 0.15) is 41.2 Å². The lowest BCUT2D eigenvalue weighted by atomic mass is 9.89. The summed E-state index contributed by atoms with van der Waals surface area (Å²) in [6, 6.07) is 10.6. The fourth-order valence-corrected chi connectivity index (χ4v) is 6.30. The zero-order valence-corrected chi connectivity index (χ0v) is 18.6. The van der Waals surface area contributed by atoms with Crippen molar-refractivity contribution < 1.29 is 9.21 Å². The Labute approximate surface area is 189 Å². The molecule has 2 saturated carbocycles. The minimum absolute atomic E-state index is 0.107. The number of piperazine rings is 1. The lowest BCUT2D eigenvalue weighted by Crippen LogP contribution is -2.45. The van der Waals surface area contributed by atoms with Crippen molar-refractivity contribution in [3.63, 3.8) is 0 Å². The Morgan fingerprint density at radius 3 is 2.53 bits per heavy atom. The van der Waals surface area contributed by atoms with Gasteiger partial charge < -0.3 is 9.73 Å². The van der Waals surface area contributed by atoms with Crippen LogP contribution in [-0.2, 0) is 13.1 Å². The Bertz CT molecular complexity index is 988. The minimum atomic E-state index is -0.107. The molecule has 168 valence electrons. The second-order valence-corrected chi connectivity index (χ2v) is 10.1. The van der Waals surface area contributed by atoms with Gasteiger partial charge in [-0.2, -0.15) is 0 Å². The molecule has 6 nitrogen and oxygen atoms in total. The molecule has 1 N–H and O–H groups in total. The summed E-state index contributed by atoms with van der Waals surface area (Å²) in [6.45, 7) is 6.43. The Hall–Kier alpha value is -2.44. The second-order valence-electron chi connectivity index (χ2n) is 10.1. The van der Waals surface area contributed by atoms with Gasteiger partial charge in [0.15, 0.2) is 5.69 Å². The molecule has 1 spiro atoms. The first kappa shape index (κ1) is 20.2. The van der Waals surface area contributed by atoms with Gasteiger partial charge in [0.1, 0.15) is 6.26 Å². The molecule has 32 heavy (non-hydrogen) atoms. The van der Waals surface area contributed by atoms with Crippen LogP contribution in [-0.4, -0.2) is 53.4 Å². The van der Waals surface area contributed by atoms with E-state index in [1.54, 1.807) is 0 Å². The predicted molar refractivity (Wildman–Crippen MR) is 122 cm³/mol. The topological polar surface area (TPSA) is 61.6 Å². The lowest BCUT2D eigenvalue weighted by Gasteiger charge is -2.34. The van der Waals surface area contributed by atoms with Crippen LogP contribution in [0.15, 0.2) is 53.2 Å². The number of nitrogens with zero attached hydrogens (tertiary/aromatic N) is 3. The average molecular weight is 433 g/mol. The van der Waals surface area contributed by atoms with Crippen LogP contribution < -0.4 is 5.32 Å². The summed E-state index contributed by atoms with van der Waals surface area (Å²) in [5, 5.41) is 3.12. The number of carbonyl (C=O) groups is 1. The van der Waals surface area contributed by atoms with Crippen LogP contribution >= 0.6 is 0 Å². The summed E-state index contributed by atoms with van der Waals surface area (Å²) < 4.78 is 5.64. The van der Waals surface area contributed by atoms with Crippen molar-refractivity contribution >= 4 is 5.91 Å². The van der Waals surface area contributed by atoms with Crippen LogP contribution in [0.5, 0.6) is 0 Å². The molecular formula is C26H32N4O2. The van der Waals surface area contributed by atoms with E-state index >= 15 is 0 Å². The highest BCUT2D eigenvalue weighted by Gasteiger charge is 2.62. The molecule has 2 aromatic rings. The Balaban J connectivity index is 0.962. The molecule has 1 aromatic heterocycles. The maximum absolute atomic E-state index is 12.6. The quantitative estimate of drug-likeness (QED) is 0.680. The summed E-state index contributed by atoms with van der Waals surface area (Å²) >= 11 is 0. The average Bonchev–Trinajstić information content (AvgIpc) is 3.25. The third-order valence-corrected chi connectivity index (χ3v) is 8.23. The van der Waals surface area contributed by atoms with Gasteiger partial charge in [-0.3, -0.25) is 14.6 Å². The number of oxazole rings is 1. The van der Waals surface area contributed by atoms with Crippen LogP contribution in [0.3, 0.4) is 0 Å². The van der Waals surface area contributed by atoms with Gasteiger partial charge in [0.05, 0.1) is 6.54 Å². The van der Waals surface area contributed by atoms with Crippen LogP contribution in [0.2, 0.25) is 0 Å². The SMILES string of the molecule is O=C(NC[C@@H]1C[C@@H]2C=C[C@@H]1C21CC1)c1coc(CN2CCN(Cc3ccccc3)CC2)n1. The molecular weight excluding hydrogens is 400 g/mol. The van der Waals surface area contributed by atoms with Gasteiger partial charge in [0.2, 0.25) is 5.89 Å². The van der Waals surface area contributed by atoms with Crippen molar-refractivity contribution in [2.24, 2.45) is 23.2 Å². The number of carbonyl (C=O) groups excluding carboxylic acids is 1. The van der Waals surface area contributed by atoms with E-state index < -0.39 is 0 Å². The maximum atomic E-state index is 12.6. The van der Waals surface area contributed by atoms with Crippen LogP contribution in [0.4, 0.5) is 0 Å². The third kappa shape index (κ3) is 3.80. The van der Waals surface area contributed by atoms with E-state index in [-0.39, 0.29) is 5.91 Å². The lowest BCUT2D eigenvalue weighted by molar-refractivity contribution is 0.0938. The van der Waals surface area contributed by atoms with E-state index in [4.69, 9.17) is 4.42 Å². The zero-order valence-electron chi connectivity index (χ0n) is 18.6. The van der Waals surface area contributed by atoms with Gasteiger partial charge in [-0.25, -0.2) is 4.98 Å². The summed E-state index contributed by atoms with van der Waals surface area (Å²) in [7, 11) is 0. The number of allylic oxidation sites excluding steroid dienone is 2. The monoisotopic (exact) mass is 432 g/mol. The highest BCUT2D eigenvalue weighted by atomic mass is 16.3. The van der Waals surface area contributed by atoms with Crippen LogP contribution in [0, 0.1) is 23.2 Å². The molecule has 1 aliphatic heterocycles. The smallest absolute Gasteiger partial charge is 0.273 e. The Morgan fingerprint density at radius 1 is 1.06 bits per heavy atom. The second kappa shape index (κ2) is 8.16. The van der Waals surface area contributed by atoms with Crippen molar-refractivity contribution in [3.05, 3.63) is 65.9 Å². The van der Waals surface area contributed by atoms with E-state index in [0.717, 1.165) is 45.2 Å². The number of rotatable bonds is 7. The number of nitrogens with one attached hydrogen (secondary N) is 1. The molecule has 2 bridgehead atoms. The minimum Gasteiger partial charge on any atom is -0.447 e. The summed E-state index contributed by atoms with van der Waals surface area (Å²) in [5.41, 5.74) is 2.34. The van der Waals surface area contributed by atoms with Gasteiger partial charge >= 0.3 is 0 Å². The van der Waals surface area contributed by atoms with Crippen molar-refractivity contribution in [2.45, 2.75) is 32.4 Å². The molecule has 2 heterocycles. The molecule has 0 radical (unpaired) electrons. The van der Waals surface area contributed by atoms with Crippen LogP contribution in [0.25, 0.3) is 0 Å². The van der Waals surface area contributed by atoms with Crippen molar-refractivity contribution in [3.8, 4) is 0 Å². The van der Waals surface area contributed by atoms with E-state index in [9.17, 15) is 4.79 Å². The molecule has 6 heteroatoms. The van der Waals surface area contributed by atoms with Crippen molar-refractivity contribution in [2.75, 3.05) is 32.7 Å². The Kier molecular flexibility index (Phi) is 5.15. The first-order valence-electron chi connectivity index (χ1n) is 12.1. The molecule has 6 rings (SSSR count). The number of hydrogen-bond acceptors (Lipinski definition) is 5. The van der Waals surface area contributed by atoms with Gasteiger partial charge in [-0.1, -0.05) is 42.5 Å². The molecule has 3 atom stereocenters. The zero-order chi connectivity index (χ0) is 21.5. The standard InChI is InChI=1S/C26H32N4O2/c31-25(27-15-20-14-21-6-7-22(20)26(21)8-9-26)23-18-32-24(28-23)17-30-12-10-29(11-13-30)16-19-4-2-1-3-5-19/h1-7,18,20-22H,8-17H2,(H,27,31)/t20-,21-,22-/m0/s1. The predicted octanol–water partition coefficient (Wildman–Crippen LogP) is 3.32. The molecule has 1 aromatic carbocycles. The third-order valence-electron chi connectivity index (χ3n) is 8.23. The highest BCUT2D eigenvalue weighted by Crippen LogP contribution is 2.69. The summed E-state index contributed by atoms with van der Waals surface area (Å²) in [5.74, 6) is 2.52. The number of amides is 1. The molecule has 3 aliphatic carbocycles. The van der Waals surface area contributed by atoms with Gasteiger partial charge in [0, 0.05) is 39.3 Å². The molecule has 1 amide bonds. The number of hydrogen-bond donors (Lipinski definition) is 1. The first-order chi connectivity index (χ1) is 15.7. The van der Waals surface area contributed by atoms with E-state index in [2.05, 4.69) is 62.6 Å². The first-order valence-corrected chi connectivity index (χ1v) is 12.1. The molecule has 1 saturated heterocycles. The maximum Gasteiger partial charge on any atom is 0.273 e. The van der Waals surface area contributed by atoms with Gasteiger partial charge in [-0.15, -0.1) is 0 Å². The van der Waals surface area contributed by atoms with Gasteiger partial charge in [0.25, 0.3) is 5.91 Å². The van der Waals surface area contributed by atoms with Gasteiger partial charge in [-0.05, 0) is 48.0 Å². The highest BCUT2D eigenvalue weighted by molar-refractivity contribution is 5.91. The Morgan fingerprint density at radius 2 is 1.81 bits per heavy atom. The molecule has 4 aliphatic rings. The number of aromatic nitrogens is 1. The fraction of sp³-hybridized carbons (Fsp3) is 0.538. The normalized spacial score (nSPS) is 28.4. The van der Waals surface area contributed by atoms with E-state index in [1.165, 1.54) is 31.1 Å². The summed E-state index contributed by atoms with van der Waals surface area (Å²) in [6.07, 6.45) is 10.3. The van der Waals surface area contributed by atoms with E-state index in [0.29, 0.717) is 35.4 Å². The molecule has 0 unspecified atom stereocenters. The molecule has 3 fully saturated rings. The fourth-order valence-electron chi connectivity index (χ4n) is 6.30. The summed E-state index contributed by atoms with van der Waals surface area (Å²) in [4.78, 5) is 21.9. The van der Waals surface area contributed by atoms with Crippen molar-refractivity contribution in [1.29, 1.82) is 0 Å².